The van der Waals surface area contributed by atoms with Gasteiger partial charge in [-0.25, -0.2) is 9.59 Å². The third kappa shape index (κ3) is 5.11. The number of carbonyl (C=O) groups excluding carboxylic acids is 3. The molecule has 35 heavy (non-hydrogen) atoms. The van der Waals surface area contributed by atoms with Gasteiger partial charge in [0.05, 0.1) is 24.5 Å². The Morgan fingerprint density at radius 2 is 1.54 bits per heavy atom. The normalized spacial score (nSPS) is 12.2. The number of hydrogen-bond acceptors (Lipinski definition) is 5. The van der Waals surface area contributed by atoms with Crippen molar-refractivity contribution in [3.05, 3.63) is 77.9 Å². The lowest BCUT2D eigenvalue weighted by molar-refractivity contribution is -0.139. The summed E-state index contributed by atoms with van der Waals surface area (Å²) in [5.41, 5.74) is 4.52. The molecule has 0 fully saturated rings. The molecule has 0 saturated heterocycles. The molecule has 180 valence electrons. The summed E-state index contributed by atoms with van der Waals surface area (Å²) in [7, 11) is 1.79. The van der Waals surface area contributed by atoms with Crippen molar-refractivity contribution >= 4 is 34.3 Å². The van der Waals surface area contributed by atoms with E-state index in [1.807, 2.05) is 42.5 Å². The number of nitrogens with zero attached hydrogens (tertiary/aromatic N) is 1. The number of hydrogen-bond donors (Lipinski definition) is 0. The highest BCUT2D eigenvalue weighted by molar-refractivity contribution is 6.26. The molecule has 0 radical (unpaired) electrons. The lowest BCUT2D eigenvalue weighted by Crippen LogP contribution is -2.20. The average Bonchev–Trinajstić information content (AvgIpc) is 3.12. The van der Waals surface area contributed by atoms with Crippen LogP contribution in [0.4, 0.5) is 5.69 Å². The number of unbranched alkanes of at least 4 members (excludes halogenated alkanes) is 3. The maximum atomic E-state index is 12.5. The van der Waals surface area contributed by atoms with Gasteiger partial charge in [-0.05, 0) is 73.4 Å². The van der Waals surface area contributed by atoms with Gasteiger partial charge in [0.1, 0.15) is 0 Å². The van der Waals surface area contributed by atoms with Gasteiger partial charge in [0, 0.05) is 23.6 Å². The van der Waals surface area contributed by atoms with E-state index in [1.54, 1.807) is 31.0 Å². The second-order valence-corrected chi connectivity index (χ2v) is 8.77. The topological polar surface area (TPSA) is 72.9 Å². The van der Waals surface area contributed by atoms with E-state index in [1.165, 1.54) is 0 Å². The fourth-order valence-corrected chi connectivity index (χ4v) is 4.27. The molecule has 1 aliphatic rings. The van der Waals surface area contributed by atoms with Crippen LogP contribution >= 0.6 is 0 Å². The largest absolute Gasteiger partial charge is 0.462 e. The number of esters is 2. The SMILES string of the molecule is C=C(C)C(=O)OCCCCCCOC(=O)c1ccc(-c2ccc3c4c(cccc24)C(=O)N3C)cc1. The van der Waals surface area contributed by atoms with Crippen molar-refractivity contribution in [2.45, 2.75) is 32.6 Å². The number of amides is 1. The summed E-state index contributed by atoms with van der Waals surface area (Å²) >= 11 is 0. The summed E-state index contributed by atoms with van der Waals surface area (Å²) in [5, 5.41) is 1.98. The fourth-order valence-electron chi connectivity index (χ4n) is 4.27. The molecule has 6 nitrogen and oxygen atoms in total. The number of ether oxygens (including phenoxy) is 2. The van der Waals surface area contributed by atoms with E-state index in [9.17, 15) is 14.4 Å². The molecule has 0 aromatic heterocycles. The van der Waals surface area contributed by atoms with Crippen LogP contribution in [0.2, 0.25) is 0 Å². The highest BCUT2D eigenvalue weighted by atomic mass is 16.5. The molecule has 1 heterocycles. The lowest BCUT2D eigenvalue weighted by Gasteiger charge is -2.12. The van der Waals surface area contributed by atoms with Crippen molar-refractivity contribution in [1.29, 1.82) is 0 Å². The summed E-state index contributed by atoms with van der Waals surface area (Å²) in [6, 6.07) is 17.1. The number of rotatable bonds is 10. The Hall–Kier alpha value is -3.93. The van der Waals surface area contributed by atoms with E-state index in [4.69, 9.17) is 9.47 Å². The predicted octanol–water partition coefficient (Wildman–Crippen LogP) is 5.93. The standard InChI is InChI=1S/C29H29NO5/c1-19(2)28(32)34-17-6-4-5-7-18-35-29(33)21-13-11-20(12-14-21)22-15-16-25-26-23(22)9-8-10-24(26)27(31)30(25)3/h8-16H,1,4-7,17-18H2,2-3H3. The highest BCUT2D eigenvalue weighted by Crippen LogP contribution is 2.41. The van der Waals surface area contributed by atoms with Crippen LogP contribution < -0.4 is 4.90 Å². The Labute approximate surface area is 205 Å². The molecule has 0 atom stereocenters. The van der Waals surface area contributed by atoms with E-state index in [2.05, 4.69) is 6.58 Å². The molecule has 3 aromatic carbocycles. The maximum Gasteiger partial charge on any atom is 0.338 e. The quantitative estimate of drug-likeness (QED) is 0.208. The van der Waals surface area contributed by atoms with Crippen molar-refractivity contribution in [3.8, 4) is 11.1 Å². The molecule has 0 saturated carbocycles. The lowest BCUT2D eigenvalue weighted by atomic mass is 9.95. The van der Waals surface area contributed by atoms with Crippen molar-refractivity contribution in [2.24, 2.45) is 0 Å². The second kappa shape index (κ2) is 10.6. The molecule has 3 aromatic rings. The Balaban J connectivity index is 1.30. The third-order valence-corrected chi connectivity index (χ3v) is 6.20. The number of benzene rings is 3. The highest BCUT2D eigenvalue weighted by Gasteiger charge is 2.27. The minimum Gasteiger partial charge on any atom is -0.462 e. The van der Waals surface area contributed by atoms with Gasteiger partial charge in [0.2, 0.25) is 0 Å². The van der Waals surface area contributed by atoms with Crippen molar-refractivity contribution in [1.82, 2.24) is 0 Å². The predicted molar refractivity (Wildman–Crippen MR) is 137 cm³/mol. The first-order chi connectivity index (χ1) is 16.9. The van der Waals surface area contributed by atoms with Gasteiger partial charge < -0.3 is 14.4 Å². The minimum atomic E-state index is -0.360. The zero-order valence-electron chi connectivity index (χ0n) is 20.1. The summed E-state index contributed by atoms with van der Waals surface area (Å²) in [6.45, 7) is 5.90. The fraction of sp³-hybridized carbons (Fsp3) is 0.276. The summed E-state index contributed by atoms with van der Waals surface area (Å²) < 4.78 is 10.5. The molecule has 1 aliphatic heterocycles. The average molecular weight is 472 g/mol. The first-order valence-electron chi connectivity index (χ1n) is 11.8. The molecule has 1 amide bonds. The number of carbonyl (C=O) groups is 3. The first-order valence-corrected chi connectivity index (χ1v) is 11.8. The molecule has 0 unspecified atom stereocenters. The maximum absolute atomic E-state index is 12.5. The van der Waals surface area contributed by atoms with E-state index < -0.39 is 0 Å². The third-order valence-electron chi connectivity index (χ3n) is 6.20. The minimum absolute atomic E-state index is 0.00653. The van der Waals surface area contributed by atoms with Gasteiger partial charge in [-0.1, -0.05) is 36.9 Å². The van der Waals surface area contributed by atoms with Crippen LogP contribution in [0, 0.1) is 0 Å². The zero-order chi connectivity index (χ0) is 24.9. The van der Waals surface area contributed by atoms with E-state index >= 15 is 0 Å². The van der Waals surface area contributed by atoms with Gasteiger partial charge in [-0.3, -0.25) is 4.79 Å². The van der Waals surface area contributed by atoms with Crippen LogP contribution in [0.3, 0.4) is 0 Å². The molecule has 0 bridgehead atoms. The number of anilines is 1. The van der Waals surface area contributed by atoms with Gasteiger partial charge in [0.25, 0.3) is 5.91 Å². The van der Waals surface area contributed by atoms with Crippen molar-refractivity contribution in [2.75, 3.05) is 25.2 Å². The van der Waals surface area contributed by atoms with Crippen molar-refractivity contribution in [3.63, 3.8) is 0 Å². The Bertz CT molecular complexity index is 1290. The van der Waals surface area contributed by atoms with Crippen molar-refractivity contribution < 1.29 is 23.9 Å². The van der Waals surface area contributed by atoms with Crippen LogP contribution in [0.25, 0.3) is 21.9 Å². The van der Waals surface area contributed by atoms with Gasteiger partial charge >= 0.3 is 11.9 Å². The van der Waals surface area contributed by atoms with Crippen LogP contribution in [0.1, 0.15) is 53.3 Å². The molecule has 4 rings (SSSR count). The molecule has 0 N–H and O–H groups in total. The molecular formula is C29H29NO5. The van der Waals surface area contributed by atoms with Gasteiger partial charge in [-0.15, -0.1) is 0 Å². The van der Waals surface area contributed by atoms with Gasteiger partial charge in [-0.2, -0.15) is 0 Å². The second-order valence-electron chi connectivity index (χ2n) is 8.77. The monoisotopic (exact) mass is 471 g/mol. The Morgan fingerprint density at radius 3 is 2.23 bits per heavy atom. The molecular weight excluding hydrogens is 442 g/mol. The molecule has 6 heteroatoms. The first kappa shape index (κ1) is 24.2. The van der Waals surface area contributed by atoms with E-state index in [0.717, 1.165) is 58.8 Å². The molecule has 0 spiro atoms. The summed E-state index contributed by atoms with van der Waals surface area (Å²) in [6.07, 6.45) is 3.31. The molecule has 0 aliphatic carbocycles. The van der Waals surface area contributed by atoms with Crippen LogP contribution in [-0.4, -0.2) is 38.1 Å². The summed E-state index contributed by atoms with van der Waals surface area (Å²) in [5.74, 6) is -0.701. The Morgan fingerprint density at radius 1 is 0.857 bits per heavy atom. The smallest absolute Gasteiger partial charge is 0.338 e. The van der Waals surface area contributed by atoms with Crippen LogP contribution in [0.15, 0.2) is 66.7 Å². The Kier molecular flexibility index (Phi) is 7.30. The van der Waals surface area contributed by atoms with Gasteiger partial charge in [0.15, 0.2) is 0 Å². The van der Waals surface area contributed by atoms with Crippen LogP contribution in [-0.2, 0) is 14.3 Å². The van der Waals surface area contributed by atoms with E-state index in [0.29, 0.717) is 24.4 Å². The summed E-state index contributed by atoms with van der Waals surface area (Å²) in [4.78, 5) is 37.9. The van der Waals surface area contributed by atoms with E-state index in [-0.39, 0.29) is 17.8 Å². The zero-order valence-corrected chi connectivity index (χ0v) is 20.1. The van der Waals surface area contributed by atoms with Crippen LogP contribution in [0.5, 0.6) is 0 Å².